The highest BCUT2D eigenvalue weighted by Gasteiger charge is 2.16. The van der Waals surface area contributed by atoms with Gasteiger partial charge in [-0.05, 0) is 30.7 Å². The Morgan fingerprint density at radius 2 is 1.89 bits per heavy atom. The molecule has 2 aromatic carbocycles. The normalized spacial score (nSPS) is 10.3. The number of anilines is 2. The van der Waals surface area contributed by atoms with Gasteiger partial charge in [0.1, 0.15) is 5.82 Å². The van der Waals surface area contributed by atoms with E-state index in [0.29, 0.717) is 10.7 Å². The van der Waals surface area contributed by atoms with Crippen molar-refractivity contribution >= 4 is 28.9 Å². The molecular weight excluding hydrogens is 269 g/mol. The van der Waals surface area contributed by atoms with E-state index in [0.717, 1.165) is 5.56 Å². The SMILES string of the molecule is Cc1cccc(Cl)c1Nc1c(F)cccc1C(=O)O. The second-order valence-electron chi connectivity index (χ2n) is 4.02. The van der Waals surface area contributed by atoms with E-state index < -0.39 is 11.8 Å². The molecule has 0 aliphatic rings. The summed E-state index contributed by atoms with van der Waals surface area (Å²) in [6.07, 6.45) is 0. The van der Waals surface area contributed by atoms with Crippen LogP contribution in [0.25, 0.3) is 0 Å². The van der Waals surface area contributed by atoms with Crippen LogP contribution in [0.1, 0.15) is 15.9 Å². The number of para-hydroxylation sites is 2. The van der Waals surface area contributed by atoms with Gasteiger partial charge in [0, 0.05) is 0 Å². The molecule has 0 aromatic heterocycles. The highest BCUT2D eigenvalue weighted by Crippen LogP contribution is 2.31. The van der Waals surface area contributed by atoms with Gasteiger partial charge in [-0.1, -0.05) is 29.8 Å². The average Bonchev–Trinajstić information content (AvgIpc) is 2.35. The zero-order valence-corrected chi connectivity index (χ0v) is 10.8. The largest absolute Gasteiger partial charge is 0.478 e. The molecule has 0 saturated carbocycles. The number of rotatable bonds is 3. The van der Waals surface area contributed by atoms with E-state index >= 15 is 0 Å². The number of carboxylic acids is 1. The molecule has 0 heterocycles. The first kappa shape index (κ1) is 13.4. The number of carboxylic acid groups (broad SMARTS) is 1. The number of aryl methyl sites for hydroxylation is 1. The maximum absolute atomic E-state index is 13.8. The molecule has 0 saturated heterocycles. The molecule has 19 heavy (non-hydrogen) atoms. The van der Waals surface area contributed by atoms with Gasteiger partial charge >= 0.3 is 5.97 Å². The molecule has 0 bridgehead atoms. The smallest absolute Gasteiger partial charge is 0.337 e. The van der Waals surface area contributed by atoms with E-state index in [1.807, 2.05) is 0 Å². The fraction of sp³-hybridized carbons (Fsp3) is 0.0714. The van der Waals surface area contributed by atoms with E-state index in [9.17, 15) is 9.18 Å². The predicted octanol–water partition coefficient (Wildman–Crippen LogP) is 4.23. The Balaban J connectivity index is 2.52. The summed E-state index contributed by atoms with van der Waals surface area (Å²) in [5.74, 6) is -1.84. The number of aromatic carboxylic acids is 1. The third-order valence-corrected chi connectivity index (χ3v) is 3.03. The molecule has 0 spiro atoms. The van der Waals surface area contributed by atoms with Crippen molar-refractivity contribution in [3.8, 4) is 0 Å². The summed E-state index contributed by atoms with van der Waals surface area (Å²) in [7, 11) is 0. The zero-order chi connectivity index (χ0) is 14.0. The number of nitrogens with one attached hydrogen (secondary N) is 1. The van der Waals surface area contributed by atoms with Gasteiger partial charge in [0.05, 0.1) is 22.0 Å². The molecule has 5 heteroatoms. The first-order valence-electron chi connectivity index (χ1n) is 5.54. The second-order valence-corrected chi connectivity index (χ2v) is 4.43. The fourth-order valence-electron chi connectivity index (χ4n) is 1.74. The number of carbonyl (C=O) groups is 1. The highest BCUT2D eigenvalue weighted by atomic mass is 35.5. The van der Waals surface area contributed by atoms with Crippen molar-refractivity contribution in [3.63, 3.8) is 0 Å². The Hall–Kier alpha value is -2.07. The Kier molecular flexibility index (Phi) is 3.71. The van der Waals surface area contributed by atoms with Crippen molar-refractivity contribution in [2.45, 2.75) is 6.92 Å². The van der Waals surface area contributed by atoms with Gasteiger partial charge < -0.3 is 10.4 Å². The van der Waals surface area contributed by atoms with E-state index in [4.69, 9.17) is 16.7 Å². The minimum absolute atomic E-state index is 0.0915. The van der Waals surface area contributed by atoms with E-state index in [1.165, 1.54) is 18.2 Å². The third-order valence-electron chi connectivity index (χ3n) is 2.72. The van der Waals surface area contributed by atoms with Crippen LogP contribution in [0.4, 0.5) is 15.8 Å². The Morgan fingerprint density at radius 3 is 2.53 bits per heavy atom. The fourth-order valence-corrected chi connectivity index (χ4v) is 2.01. The van der Waals surface area contributed by atoms with E-state index in [2.05, 4.69) is 5.32 Å². The maximum Gasteiger partial charge on any atom is 0.337 e. The molecule has 0 radical (unpaired) electrons. The second kappa shape index (κ2) is 5.28. The summed E-state index contributed by atoms with van der Waals surface area (Å²) in [4.78, 5) is 11.1. The summed E-state index contributed by atoms with van der Waals surface area (Å²) in [5, 5.41) is 12.2. The monoisotopic (exact) mass is 279 g/mol. The maximum atomic E-state index is 13.8. The average molecular weight is 280 g/mol. The van der Waals surface area contributed by atoms with Gasteiger partial charge in [-0.3, -0.25) is 0 Å². The Morgan fingerprint density at radius 1 is 1.21 bits per heavy atom. The molecule has 0 aliphatic carbocycles. The summed E-state index contributed by atoms with van der Waals surface area (Å²) in [6.45, 7) is 1.80. The van der Waals surface area contributed by atoms with Crippen molar-refractivity contribution in [3.05, 3.63) is 58.4 Å². The lowest BCUT2D eigenvalue weighted by molar-refractivity contribution is 0.0697. The van der Waals surface area contributed by atoms with Gasteiger partial charge in [-0.25, -0.2) is 9.18 Å². The van der Waals surface area contributed by atoms with Gasteiger partial charge in [-0.15, -0.1) is 0 Å². The topological polar surface area (TPSA) is 49.3 Å². The molecule has 2 N–H and O–H groups in total. The van der Waals surface area contributed by atoms with Crippen molar-refractivity contribution < 1.29 is 14.3 Å². The molecule has 2 rings (SSSR count). The van der Waals surface area contributed by atoms with Crippen molar-refractivity contribution in [1.82, 2.24) is 0 Å². The van der Waals surface area contributed by atoms with E-state index in [1.54, 1.807) is 25.1 Å². The van der Waals surface area contributed by atoms with Gasteiger partial charge in [0.25, 0.3) is 0 Å². The summed E-state index contributed by atoms with van der Waals surface area (Å²) in [5.41, 5.74) is 1.06. The van der Waals surface area contributed by atoms with Crippen LogP contribution in [0, 0.1) is 12.7 Å². The molecule has 0 atom stereocenters. The molecule has 3 nitrogen and oxygen atoms in total. The summed E-state index contributed by atoms with van der Waals surface area (Å²) in [6, 6.07) is 9.10. The minimum atomic E-state index is -1.20. The quantitative estimate of drug-likeness (QED) is 0.884. The first-order valence-corrected chi connectivity index (χ1v) is 5.92. The molecular formula is C14H11ClFNO2. The summed E-state index contributed by atoms with van der Waals surface area (Å²) < 4.78 is 13.8. The molecule has 0 amide bonds. The van der Waals surface area contributed by atoms with Crippen molar-refractivity contribution in [2.24, 2.45) is 0 Å². The van der Waals surface area contributed by atoms with E-state index in [-0.39, 0.29) is 11.3 Å². The highest BCUT2D eigenvalue weighted by molar-refractivity contribution is 6.33. The number of hydrogen-bond acceptors (Lipinski definition) is 2. The van der Waals surface area contributed by atoms with Crippen molar-refractivity contribution in [2.75, 3.05) is 5.32 Å². The van der Waals surface area contributed by atoms with Crippen LogP contribution in [-0.2, 0) is 0 Å². The van der Waals surface area contributed by atoms with Gasteiger partial charge in [0.2, 0.25) is 0 Å². The molecule has 98 valence electrons. The number of hydrogen-bond donors (Lipinski definition) is 2. The van der Waals surface area contributed by atoms with Gasteiger partial charge in [-0.2, -0.15) is 0 Å². The predicted molar refractivity (Wildman–Crippen MR) is 72.8 cm³/mol. The lowest BCUT2D eigenvalue weighted by Crippen LogP contribution is -2.05. The van der Waals surface area contributed by atoms with Crippen LogP contribution >= 0.6 is 11.6 Å². The Bertz CT molecular complexity index is 623. The number of halogens is 2. The standard InChI is InChI=1S/C14H11ClFNO2/c1-8-4-2-6-10(15)12(8)17-13-9(14(18)19)5-3-7-11(13)16/h2-7,17H,1H3,(H,18,19). The molecule has 0 fully saturated rings. The lowest BCUT2D eigenvalue weighted by atomic mass is 10.1. The lowest BCUT2D eigenvalue weighted by Gasteiger charge is -2.14. The summed E-state index contributed by atoms with van der Waals surface area (Å²) >= 11 is 6.03. The van der Waals surface area contributed by atoms with Crippen LogP contribution in [0.5, 0.6) is 0 Å². The molecule has 0 aliphatic heterocycles. The first-order chi connectivity index (χ1) is 9.00. The Labute approximate surface area is 114 Å². The molecule has 0 unspecified atom stereocenters. The van der Waals surface area contributed by atoms with Crippen LogP contribution < -0.4 is 5.32 Å². The van der Waals surface area contributed by atoms with Crippen LogP contribution in [0.15, 0.2) is 36.4 Å². The van der Waals surface area contributed by atoms with Crippen LogP contribution in [0.3, 0.4) is 0 Å². The minimum Gasteiger partial charge on any atom is -0.478 e. The number of benzene rings is 2. The zero-order valence-electron chi connectivity index (χ0n) is 10.1. The third kappa shape index (κ3) is 2.69. The van der Waals surface area contributed by atoms with Gasteiger partial charge in [0.15, 0.2) is 0 Å². The van der Waals surface area contributed by atoms with Crippen LogP contribution in [-0.4, -0.2) is 11.1 Å². The molecule has 2 aromatic rings. The van der Waals surface area contributed by atoms with Crippen molar-refractivity contribution in [1.29, 1.82) is 0 Å². The van der Waals surface area contributed by atoms with Crippen LogP contribution in [0.2, 0.25) is 5.02 Å².